The minimum atomic E-state index is -0.472. The van der Waals surface area contributed by atoms with Crippen LogP contribution in [0.15, 0.2) is 24.9 Å². The van der Waals surface area contributed by atoms with Gasteiger partial charge in [0.25, 0.3) is 0 Å². The Bertz CT molecular complexity index is 242. The first kappa shape index (κ1) is 8.01. The van der Waals surface area contributed by atoms with Crippen LogP contribution in [0.25, 0.3) is 0 Å². The second-order valence-corrected chi connectivity index (χ2v) is 2.42. The molecule has 0 aliphatic carbocycles. The quantitative estimate of drug-likeness (QED) is 0.657. The van der Waals surface area contributed by atoms with Crippen molar-refractivity contribution in [1.82, 2.24) is 9.78 Å². The van der Waals surface area contributed by atoms with Gasteiger partial charge in [-0.25, -0.2) is 0 Å². The zero-order chi connectivity index (χ0) is 8.27. The summed E-state index contributed by atoms with van der Waals surface area (Å²) in [5.41, 5.74) is 0.824. The van der Waals surface area contributed by atoms with Crippen molar-refractivity contribution in [2.45, 2.75) is 12.5 Å². The molecule has 1 heterocycles. The molecule has 0 aliphatic rings. The van der Waals surface area contributed by atoms with Gasteiger partial charge < -0.3 is 5.11 Å². The number of hydrogen-bond donors (Lipinski definition) is 1. The Morgan fingerprint density at radius 2 is 2.64 bits per heavy atom. The van der Waals surface area contributed by atoms with Crippen LogP contribution in [0.4, 0.5) is 0 Å². The van der Waals surface area contributed by atoms with E-state index < -0.39 is 6.10 Å². The predicted octanol–water partition coefficient (Wildman–Crippen LogP) is 1.03. The number of aromatic nitrogens is 2. The van der Waals surface area contributed by atoms with Gasteiger partial charge in [-0.15, -0.1) is 6.58 Å². The topological polar surface area (TPSA) is 38.1 Å². The summed E-state index contributed by atoms with van der Waals surface area (Å²) in [6.07, 6.45) is 3.46. The van der Waals surface area contributed by atoms with Gasteiger partial charge in [0, 0.05) is 13.2 Å². The Morgan fingerprint density at radius 3 is 3.09 bits per heavy atom. The number of rotatable bonds is 3. The first-order chi connectivity index (χ1) is 5.25. The van der Waals surface area contributed by atoms with Gasteiger partial charge in [-0.2, -0.15) is 5.10 Å². The lowest BCUT2D eigenvalue weighted by Crippen LogP contribution is -2.03. The predicted molar refractivity (Wildman–Crippen MR) is 43.0 cm³/mol. The second kappa shape index (κ2) is 3.34. The van der Waals surface area contributed by atoms with E-state index in [1.165, 1.54) is 0 Å². The zero-order valence-corrected chi connectivity index (χ0v) is 6.57. The molecular weight excluding hydrogens is 140 g/mol. The third-order valence-electron chi connectivity index (χ3n) is 1.59. The van der Waals surface area contributed by atoms with Crippen LogP contribution >= 0.6 is 0 Å². The van der Waals surface area contributed by atoms with Crippen LogP contribution < -0.4 is 0 Å². The van der Waals surface area contributed by atoms with E-state index in [2.05, 4.69) is 11.7 Å². The highest BCUT2D eigenvalue weighted by molar-refractivity contribution is 5.04. The monoisotopic (exact) mass is 152 g/mol. The van der Waals surface area contributed by atoms with Crippen LogP contribution in [0, 0.1) is 0 Å². The molecule has 0 saturated carbocycles. The third kappa shape index (κ3) is 1.68. The molecule has 0 radical (unpaired) electrons. The molecule has 11 heavy (non-hydrogen) atoms. The Morgan fingerprint density at radius 1 is 1.91 bits per heavy atom. The van der Waals surface area contributed by atoms with Gasteiger partial charge in [-0.1, -0.05) is 6.08 Å². The molecule has 0 bridgehead atoms. The smallest absolute Gasteiger partial charge is 0.0990 e. The summed E-state index contributed by atoms with van der Waals surface area (Å²) in [6, 6.07) is 1.80. The van der Waals surface area contributed by atoms with Crippen molar-refractivity contribution in [2.75, 3.05) is 0 Å². The van der Waals surface area contributed by atoms with E-state index >= 15 is 0 Å². The fourth-order valence-electron chi connectivity index (χ4n) is 0.990. The number of hydrogen-bond acceptors (Lipinski definition) is 2. The van der Waals surface area contributed by atoms with Gasteiger partial charge in [-0.05, 0) is 12.5 Å². The molecule has 0 saturated heterocycles. The van der Waals surface area contributed by atoms with Gasteiger partial charge >= 0.3 is 0 Å². The Kier molecular flexibility index (Phi) is 2.44. The van der Waals surface area contributed by atoms with Crippen LogP contribution in [0.5, 0.6) is 0 Å². The maximum Gasteiger partial charge on any atom is 0.0990 e. The molecule has 0 fully saturated rings. The van der Waals surface area contributed by atoms with Gasteiger partial charge in [0.2, 0.25) is 0 Å². The summed E-state index contributed by atoms with van der Waals surface area (Å²) in [7, 11) is 1.81. The molecule has 0 amide bonds. The molecule has 1 atom stereocenters. The van der Waals surface area contributed by atoms with E-state index in [9.17, 15) is 5.11 Å². The SMILES string of the molecule is C=CCC(O)c1ccnn1C. The van der Waals surface area contributed by atoms with E-state index in [0.29, 0.717) is 6.42 Å². The van der Waals surface area contributed by atoms with Crippen LogP contribution in [0.1, 0.15) is 18.2 Å². The lowest BCUT2D eigenvalue weighted by Gasteiger charge is -2.07. The van der Waals surface area contributed by atoms with Crippen molar-refractivity contribution in [3.8, 4) is 0 Å². The molecule has 1 aromatic heterocycles. The molecule has 60 valence electrons. The van der Waals surface area contributed by atoms with Gasteiger partial charge in [-0.3, -0.25) is 4.68 Å². The van der Waals surface area contributed by atoms with Crippen LogP contribution in [-0.2, 0) is 7.05 Å². The zero-order valence-electron chi connectivity index (χ0n) is 6.57. The number of aliphatic hydroxyl groups is 1. The van der Waals surface area contributed by atoms with Crippen molar-refractivity contribution in [1.29, 1.82) is 0 Å². The van der Waals surface area contributed by atoms with Gasteiger partial charge in [0.1, 0.15) is 0 Å². The lowest BCUT2D eigenvalue weighted by atomic mass is 10.2. The second-order valence-electron chi connectivity index (χ2n) is 2.42. The summed E-state index contributed by atoms with van der Waals surface area (Å²) in [5, 5.41) is 13.4. The molecule has 1 rings (SSSR count). The summed E-state index contributed by atoms with van der Waals surface area (Å²) in [4.78, 5) is 0. The molecule has 1 aromatic rings. The summed E-state index contributed by atoms with van der Waals surface area (Å²) >= 11 is 0. The Labute approximate surface area is 66.0 Å². The highest BCUT2D eigenvalue weighted by Gasteiger charge is 2.07. The maximum atomic E-state index is 9.46. The molecule has 3 heteroatoms. The lowest BCUT2D eigenvalue weighted by molar-refractivity contribution is 0.171. The fraction of sp³-hybridized carbons (Fsp3) is 0.375. The minimum absolute atomic E-state index is 0.472. The number of aliphatic hydroxyl groups excluding tert-OH is 1. The minimum Gasteiger partial charge on any atom is -0.386 e. The molecule has 3 nitrogen and oxygen atoms in total. The first-order valence-corrected chi connectivity index (χ1v) is 3.52. The molecule has 1 N–H and O–H groups in total. The Hall–Kier alpha value is -1.09. The first-order valence-electron chi connectivity index (χ1n) is 3.52. The third-order valence-corrected chi connectivity index (χ3v) is 1.59. The number of nitrogens with zero attached hydrogens (tertiary/aromatic N) is 2. The average Bonchev–Trinajstić information content (AvgIpc) is 2.36. The Balaban J connectivity index is 2.74. The average molecular weight is 152 g/mol. The van der Waals surface area contributed by atoms with E-state index in [0.717, 1.165) is 5.69 Å². The highest BCUT2D eigenvalue weighted by atomic mass is 16.3. The van der Waals surface area contributed by atoms with Gasteiger partial charge in [0.05, 0.1) is 11.8 Å². The highest BCUT2D eigenvalue weighted by Crippen LogP contribution is 2.14. The summed E-state index contributed by atoms with van der Waals surface area (Å²) < 4.78 is 1.66. The maximum absolute atomic E-state index is 9.46. The van der Waals surface area contributed by atoms with E-state index in [1.54, 1.807) is 23.0 Å². The van der Waals surface area contributed by atoms with Crippen molar-refractivity contribution in [3.63, 3.8) is 0 Å². The molecule has 1 unspecified atom stereocenters. The largest absolute Gasteiger partial charge is 0.386 e. The van der Waals surface area contributed by atoms with Crippen molar-refractivity contribution in [2.24, 2.45) is 7.05 Å². The van der Waals surface area contributed by atoms with Crippen molar-refractivity contribution in [3.05, 3.63) is 30.6 Å². The summed E-state index contributed by atoms with van der Waals surface area (Å²) in [5.74, 6) is 0. The van der Waals surface area contributed by atoms with Crippen molar-refractivity contribution < 1.29 is 5.11 Å². The molecule has 0 spiro atoms. The van der Waals surface area contributed by atoms with Crippen molar-refractivity contribution >= 4 is 0 Å². The van der Waals surface area contributed by atoms with E-state index in [-0.39, 0.29) is 0 Å². The molecule has 0 aliphatic heterocycles. The van der Waals surface area contributed by atoms with Crippen LogP contribution in [0.2, 0.25) is 0 Å². The fourth-order valence-corrected chi connectivity index (χ4v) is 0.990. The number of aryl methyl sites for hydroxylation is 1. The standard InChI is InChI=1S/C8H12N2O/c1-3-4-8(11)7-5-6-9-10(7)2/h3,5-6,8,11H,1,4H2,2H3. The molecular formula is C8H12N2O. The van der Waals surface area contributed by atoms with Crippen LogP contribution in [-0.4, -0.2) is 14.9 Å². The van der Waals surface area contributed by atoms with Crippen LogP contribution in [0.3, 0.4) is 0 Å². The van der Waals surface area contributed by atoms with Gasteiger partial charge in [0.15, 0.2) is 0 Å². The normalized spacial score (nSPS) is 12.9. The molecule has 0 aromatic carbocycles. The summed E-state index contributed by atoms with van der Waals surface area (Å²) in [6.45, 7) is 3.55. The van der Waals surface area contributed by atoms with E-state index in [1.807, 2.05) is 7.05 Å². The van der Waals surface area contributed by atoms with E-state index in [4.69, 9.17) is 0 Å².